The Hall–Kier alpha value is -0.900. The second kappa shape index (κ2) is 5.99. The summed E-state index contributed by atoms with van der Waals surface area (Å²) >= 11 is 0. The predicted molar refractivity (Wildman–Crippen MR) is 61.0 cm³/mol. The first-order chi connectivity index (χ1) is 7.60. The molecule has 0 aromatic heterocycles. The van der Waals surface area contributed by atoms with E-state index in [1.807, 2.05) is 0 Å². The lowest BCUT2D eigenvalue weighted by molar-refractivity contribution is -0.153. The summed E-state index contributed by atoms with van der Waals surface area (Å²) in [4.78, 5) is 22.8. The van der Waals surface area contributed by atoms with Gasteiger partial charge < -0.3 is 10.1 Å². The maximum Gasteiger partial charge on any atom is 0.374 e. The third-order valence-corrected chi connectivity index (χ3v) is 3.53. The molecule has 0 aromatic rings. The van der Waals surface area contributed by atoms with E-state index in [4.69, 9.17) is 0 Å². The highest BCUT2D eigenvalue weighted by Crippen LogP contribution is 2.23. The summed E-state index contributed by atoms with van der Waals surface area (Å²) in [6, 6.07) is 0.116. The van der Waals surface area contributed by atoms with Gasteiger partial charge in [0.15, 0.2) is 0 Å². The summed E-state index contributed by atoms with van der Waals surface area (Å²) in [5.41, 5.74) is 0. The Morgan fingerprint density at radius 3 is 2.75 bits per heavy atom. The molecule has 1 heterocycles. The number of ketones is 1. The number of methoxy groups -OCH3 is 1. The van der Waals surface area contributed by atoms with Crippen LogP contribution in [0.5, 0.6) is 0 Å². The lowest BCUT2D eigenvalue weighted by Gasteiger charge is -2.32. The average molecular weight is 227 g/mol. The molecule has 0 saturated carbocycles. The highest BCUT2D eigenvalue weighted by atomic mass is 16.5. The lowest BCUT2D eigenvalue weighted by Crippen LogP contribution is -2.46. The number of carbonyl (C=O) groups excluding carboxylic acids is 2. The van der Waals surface area contributed by atoms with Crippen LogP contribution < -0.4 is 5.32 Å². The van der Waals surface area contributed by atoms with Crippen LogP contribution in [0.4, 0.5) is 0 Å². The zero-order valence-electron chi connectivity index (χ0n) is 10.3. The van der Waals surface area contributed by atoms with Gasteiger partial charge in [-0.25, -0.2) is 4.79 Å². The minimum Gasteiger partial charge on any atom is -0.463 e. The van der Waals surface area contributed by atoms with Crippen molar-refractivity contribution < 1.29 is 14.3 Å². The normalized spacial score (nSPS) is 27.2. The number of esters is 1. The van der Waals surface area contributed by atoms with Gasteiger partial charge in [0, 0.05) is 12.0 Å². The molecule has 1 fully saturated rings. The van der Waals surface area contributed by atoms with Crippen molar-refractivity contribution >= 4 is 11.8 Å². The molecule has 4 heteroatoms. The van der Waals surface area contributed by atoms with Crippen LogP contribution in [-0.2, 0) is 14.3 Å². The van der Waals surface area contributed by atoms with Crippen molar-refractivity contribution in [3.05, 3.63) is 0 Å². The first-order valence-corrected chi connectivity index (χ1v) is 5.95. The Balaban J connectivity index is 2.56. The van der Waals surface area contributed by atoms with Gasteiger partial charge in [0.2, 0.25) is 5.78 Å². The van der Waals surface area contributed by atoms with E-state index in [9.17, 15) is 9.59 Å². The maximum absolute atomic E-state index is 11.7. The molecular weight excluding hydrogens is 206 g/mol. The van der Waals surface area contributed by atoms with E-state index in [2.05, 4.69) is 17.0 Å². The standard InChI is InChI=1S/C12H21NO3/c1-4-9-5-6-13-10(7-9)8(2)11(14)12(15)16-3/h8-10,13H,4-7H2,1-3H3. The zero-order chi connectivity index (χ0) is 12.1. The van der Waals surface area contributed by atoms with E-state index in [-0.39, 0.29) is 12.0 Å². The Labute approximate surface area is 96.7 Å². The van der Waals surface area contributed by atoms with Crippen LogP contribution >= 0.6 is 0 Å². The molecule has 16 heavy (non-hydrogen) atoms. The molecule has 0 amide bonds. The van der Waals surface area contributed by atoms with E-state index in [0.29, 0.717) is 5.92 Å². The largest absolute Gasteiger partial charge is 0.463 e. The minimum atomic E-state index is -0.729. The minimum absolute atomic E-state index is 0.116. The van der Waals surface area contributed by atoms with Crippen molar-refractivity contribution in [1.29, 1.82) is 0 Å². The third kappa shape index (κ3) is 3.04. The SMILES string of the molecule is CCC1CCNC(C(C)C(=O)C(=O)OC)C1. The summed E-state index contributed by atoms with van der Waals surface area (Å²) in [6.07, 6.45) is 3.27. The summed E-state index contributed by atoms with van der Waals surface area (Å²) < 4.78 is 4.46. The fourth-order valence-electron chi connectivity index (χ4n) is 2.25. The van der Waals surface area contributed by atoms with Crippen LogP contribution in [0, 0.1) is 11.8 Å². The Bertz CT molecular complexity index is 265. The highest BCUT2D eigenvalue weighted by Gasteiger charge is 2.32. The molecule has 0 radical (unpaired) electrons. The van der Waals surface area contributed by atoms with Crippen molar-refractivity contribution in [2.24, 2.45) is 11.8 Å². The van der Waals surface area contributed by atoms with Gasteiger partial charge in [-0.2, -0.15) is 0 Å². The van der Waals surface area contributed by atoms with Gasteiger partial charge in [0.25, 0.3) is 0 Å². The molecule has 0 aromatic carbocycles. The van der Waals surface area contributed by atoms with Crippen molar-refractivity contribution in [3.8, 4) is 0 Å². The highest BCUT2D eigenvalue weighted by molar-refractivity contribution is 6.34. The second-order valence-electron chi connectivity index (χ2n) is 4.50. The van der Waals surface area contributed by atoms with Gasteiger partial charge in [-0.15, -0.1) is 0 Å². The van der Waals surface area contributed by atoms with Crippen LogP contribution in [0.15, 0.2) is 0 Å². The molecule has 0 bridgehead atoms. The number of Topliss-reactive ketones (excluding diaryl/α,β-unsaturated/α-hetero) is 1. The van der Waals surface area contributed by atoms with E-state index in [1.165, 1.54) is 7.11 Å². The zero-order valence-corrected chi connectivity index (χ0v) is 10.3. The van der Waals surface area contributed by atoms with E-state index in [1.54, 1.807) is 6.92 Å². The van der Waals surface area contributed by atoms with Gasteiger partial charge >= 0.3 is 5.97 Å². The topological polar surface area (TPSA) is 55.4 Å². The van der Waals surface area contributed by atoms with Gasteiger partial charge in [-0.1, -0.05) is 20.3 Å². The third-order valence-electron chi connectivity index (χ3n) is 3.53. The number of carbonyl (C=O) groups is 2. The van der Waals surface area contributed by atoms with Crippen molar-refractivity contribution in [2.45, 2.75) is 39.2 Å². The fourth-order valence-corrected chi connectivity index (χ4v) is 2.25. The first-order valence-electron chi connectivity index (χ1n) is 5.95. The number of ether oxygens (including phenoxy) is 1. The molecule has 3 atom stereocenters. The Morgan fingerprint density at radius 2 is 2.19 bits per heavy atom. The summed E-state index contributed by atoms with van der Waals surface area (Å²) in [6.45, 7) is 4.90. The van der Waals surface area contributed by atoms with Crippen molar-refractivity contribution in [1.82, 2.24) is 5.32 Å². The molecule has 1 N–H and O–H groups in total. The fraction of sp³-hybridized carbons (Fsp3) is 0.833. The van der Waals surface area contributed by atoms with Gasteiger partial charge in [0.1, 0.15) is 0 Å². The molecule has 92 valence electrons. The lowest BCUT2D eigenvalue weighted by atomic mass is 9.83. The summed E-state index contributed by atoms with van der Waals surface area (Å²) in [5.74, 6) is -0.773. The first kappa shape index (κ1) is 13.2. The quantitative estimate of drug-likeness (QED) is 0.578. The molecule has 1 aliphatic rings. The number of hydrogen-bond acceptors (Lipinski definition) is 4. The van der Waals surface area contributed by atoms with Gasteiger partial charge in [-0.3, -0.25) is 4.79 Å². The van der Waals surface area contributed by atoms with Crippen LogP contribution in [0.1, 0.15) is 33.1 Å². The molecule has 1 aliphatic heterocycles. The van der Waals surface area contributed by atoms with E-state index in [0.717, 1.165) is 25.8 Å². The average Bonchev–Trinajstić information content (AvgIpc) is 2.36. The van der Waals surface area contributed by atoms with E-state index < -0.39 is 11.8 Å². The Kier molecular flexibility index (Phi) is 4.93. The summed E-state index contributed by atoms with van der Waals surface area (Å²) in [7, 11) is 1.25. The molecular formula is C12H21NO3. The van der Waals surface area contributed by atoms with Crippen LogP contribution in [0.3, 0.4) is 0 Å². The van der Waals surface area contributed by atoms with Gasteiger partial charge in [0.05, 0.1) is 7.11 Å². The smallest absolute Gasteiger partial charge is 0.374 e. The van der Waals surface area contributed by atoms with Gasteiger partial charge in [-0.05, 0) is 25.3 Å². The molecule has 0 aliphatic carbocycles. The number of piperidine rings is 1. The monoisotopic (exact) mass is 227 g/mol. The molecule has 1 saturated heterocycles. The van der Waals surface area contributed by atoms with Crippen molar-refractivity contribution in [2.75, 3.05) is 13.7 Å². The maximum atomic E-state index is 11.7. The number of nitrogens with one attached hydrogen (secondary N) is 1. The van der Waals surface area contributed by atoms with Crippen LogP contribution in [0.25, 0.3) is 0 Å². The second-order valence-corrected chi connectivity index (χ2v) is 4.50. The van der Waals surface area contributed by atoms with Crippen LogP contribution in [0.2, 0.25) is 0 Å². The molecule has 1 rings (SSSR count). The van der Waals surface area contributed by atoms with Crippen molar-refractivity contribution in [3.63, 3.8) is 0 Å². The number of rotatable bonds is 4. The molecule has 4 nitrogen and oxygen atoms in total. The predicted octanol–water partition coefficient (Wildman–Crippen LogP) is 1.14. The molecule has 0 spiro atoms. The Morgan fingerprint density at radius 1 is 1.50 bits per heavy atom. The summed E-state index contributed by atoms with van der Waals surface area (Å²) in [5, 5.41) is 3.31. The van der Waals surface area contributed by atoms with E-state index >= 15 is 0 Å². The molecule has 3 unspecified atom stereocenters. The number of hydrogen-bond donors (Lipinski definition) is 1. The van der Waals surface area contributed by atoms with Crippen LogP contribution in [-0.4, -0.2) is 31.4 Å².